The number of benzene rings is 1. The van der Waals surface area contributed by atoms with Crippen LogP contribution in [0, 0.1) is 5.92 Å². The SMILES string of the molecule is CC(=O)N1CCC(C(=O)N2CCCCC2c2cc3ccccc3[nH]2)C1. The zero-order valence-corrected chi connectivity index (χ0v) is 14.7. The van der Waals surface area contributed by atoms with E-state index in [2.05, 4.69) is 28.1 Å². The molecule has 2 aliphatic rings. The van der Waals surface area contributed by atoms with Crippen molar-refractivity contribution in [3.05, 3.63) is 36.0 Å². The molecule has 2 atom stereocenters. The van der Waals surface area contributed by atoms with E-state index < -0.39 is 0 Å². The molecule has 2 fully saturated rings. The number of amides is 2. The lowest BCUT2D eigenvalue weighted by Crippen LogP contribution is -2.43. The van der Waals surface area contributed by atoms with Crippen molar-refractivity contribution in [2.75, 3.05) is 19.6 Å². The molecule has 0 saturated carbocycles. The molecule has 2 unspecified atom stereocenters. The Bertz CT molecular complexity index is 764. The summed E-state index contributed by atoms with van der Waals surface area (Å²) < 4.78 is 0. The normalized spacial score (nSPS) is 24.0. The number of para-hydroxylation sites is 1. The third-order valence-corrected chi connectivity index (χ3v) is 5.68. The molecule has 25 heavy (non-hydrogen) atoms. The quantitative estimate of drug-likeness (QED) is 0.914. The smallest absolute Gasteiger partial charge is 0.228 e. The fraction of sp³-hybridized carbons (Fsp3) is 0.500. The molecule has 5 nitrogen and oxygen atoms in total. The number of hydrogen-bond acceptors (Lipinski definition) is 2. The topological polar surface area (TPSA) is 56.4 Å². The summed E-state index contributed by atoms with van der Waals surface area (Å²) in [5.74, 6) is 0.238. The van der Waals surface area contributed by atoms with E-state index in [4.69, 9.17) is 0 Å². The summed E-state index contributed by atoms with van der Waals surface area (Å²) in [5.41, 5.74) is 2.26. The minimum Gasteiger partial charge on any atom is -0.357 e. The fourth-order valence-electron chi connectivity index (χ4n) is 4.28. The lowest BCUT2D eigenvalue weighted by molar-refractivity contribution is -0.139. The lowest BCUT2D eigenvalue weighted by Gasteiger charge is -2.37. The monoisotopic (exact) mass is 339 g/mol. The van der Waals surface area contributed by atoms with E-state index in [0.29, 0.717) is 13.1 Å². The van der Waals surface area contributed by atoms with E-state index in [-0.39, 0.29) is 23.8 Å². The number of nitrogens with one attached hydrogen (secondary N) is 1. The number of hydrogen-bond donors (Lipinski definition) is 1. The van der Waals surface area contributed by atoms with Crippen molar-refractivity contribution in [2.45, 2.75) is 38.6 Å². The van der Waals surface area contributed by atoms with Crippen LogP contribution in [0.25, 0.3) is 10.9 Å². The molecular formula is C20H25N3O2. The molecule has 2 amide bonds. The largest absolute Gasteiger partial charge is 0.357 e. The third-order valence-electron chi connectivity index (χ3n) is 5.68. The predicted octanol–water partition coefficient (Wildman–Crippen LogP) is 3.09. The molecule has 5 heteroatoms. The first-order valence-electron chi connectivity index (χ1n) is 9.27. The second-order valence-electron chi connectivity index (χ2n) is 7.31. The van der Waals surface area contributed by atoms with Gasteiger partial charge in [-0.25, -0.2) is 0 Å². The van der Waals surface area contributed by atoms with E-state index in [1.165, 1.54) is 5.39 Å². The number of carbonyl (C=O) groups excluding carboxylic acids is 2. The summed E-state index contributed by atoms with van der Waals surface area (Å²) in [4.78, 5) is 32.1. The Morgan fingerprint density at radius 3 is 2.72 bits per heavy atom. The summed E-state index contributed by atoms with van der Waals surface area (Å²) in [6.07, 6.45) is 4.00. The molecule has 0 aliphatic carbocycles. The summed E-state index contributed by atoms with van der Waals surface area (Å²) >= 11 is 0. The molecule has 2 aliphatic heterocycles. The molecule has 2 aromatic rings. The Hall–Kier alpha value is -2.30. The van der Waals surface area contributed by atoms with Crippen LogP contribution in [0.5, 0.6) is 0 Å². The zero-order chi connectivity index (χ0) is 17.4. The molecule has 0 radical (unpaired) electrons. The van der Waals surface area contributed by atoms with Crippen molar-refractivity contribution in [3.8, 4) is 0 Å². The molecule has 1 aromatic heterocycles. The van der Waals surface area contributed by atoms with Gasteiger partial charge in [0.15, 0.2) is 0 Å². The molecule has 1 aromatic carbocycles. The van der Waals surface area contributed by atoms with Crippen molar-refractivity contribution in [1.29, 1.82) is 0 Å². The van der Waals surface area contributed by atoms with Gasteiger partial charge < -0.3 is 14.8 Å². The number of carbonyl (C=O) groups is 2. The van der Waals surface area contributed by atoms with E-state index in [0.717, 1.165) is 43.4 Å². The van der Waals surface area contributed by atoms with Gasteiger partial charge in [0, 0.05) is 37.8 Å². The minimum absolute atomic E-state index is 0.0473. The molecule has 3 heterocycles. The van der Waals surface area contributed by atoms with Crippen LogP contribution in [-0.2, 0) is 9.59 Å². The maximum absolute atomic E-state index is 13.1. The Morgan fingerprint density at radius 2 is 1.96 bits per heavy atom. The Balaban J connectivity index is 1.56. The molecule has 2 saturated heterocycles. The average Bonchev–Trinajstić information content (AvgIpc) is 3.28. The Morgan fingerprint density at radius 1 is 1.12 bits per heavy atom. The molecule has 0 spiro atoms. The van der Waals surface area contributed by atoms with Crippen LogP contribution in [0.2, 0.25) is 0 Å². The van der Waals surface area contributed by atoms with Gasteiger partial charge in [-0.05, 0) is 43.2 Å². The van der Waals surface area contributed by atoms with Gasteiger partial charge >= 0.3 is 0 Å². The Kier molecular flexibility index (Phi) is 4.24. The van der Waals surface area contributed by atoms with Crippen LogP contribution in [0.3, 0.4) is 0 Å². The van der Waals surface area contributed by atoms with E-state index >= 15 is 0 Å². The van der Waals surface area contributed by atoms with Gasteiger partial charge in [-0.3, -0.25) is 9.59 Å². The van der Waals surface area contributed by atoms with E-state index in [1.54, 1.807) is 11.8 Å². The zero-order valence-electron chi connectivity index (χ0n) is 14.7. The molecular weight excluding hydrogens is 314 g/mol. The summed E-state index contributed by atoms with van der Waals surface area (Å²) in [5, 5.41) is 1.19. The molecule has 132 valence electrons. The van der Waals surface area contributed by atoms with Crippen molar-refractivity contribution >= 4 is 22.7 Å². The van der Waals surface area contributed by atoms with Crippen molar-refractivity contribution in [2.24, 2.45) is 5.92 Å². The lowest BCUT2D eigenvalue weighted by atomic mass is 9.96. The number of piperidine rings is 1. The van der Waals surface area contributed by atoms with Crippen molar-refractivity contribution in [3.63, 3.8) is 0 Å². The first-order valence-corrected chi connectivity index (χ1v) is 9.27. The number of rotatable bonds is 2. The summed E-state index contributed by atoms with van der Waals surface area (Å²) in [6.45, 7) is 3.68. The van der Waals surface area contributed by atoms with Gasteiger partial charge in [0.05, 0.1) is 12.0 Å². The Labute approximate surface area is 148 Å². The first kappa shape index (κ1) is 16.2. The highest BCUT2D eigenvalue weighted by Crippen LogP contribution is 2.34. The predicted molar refractivity (Wildman–Crippen MR) is 97.0 cm³/mol. The highest BCUT2D eigenvalue weighted by atomic mass is 16.2. The van der Waals surface area contributed by atoms with Crippen molar-refractivity contribution < 1.29 is 9.59 Å². The summed E-state index contributed by atoms with van der Waals surface area (Å²) in [7, 11) is 0. The van der Waals surface area contributed by atoms with Gasteiger partial charge in [-0.2, -0.15) is 0 Å². The van der Waals surface area contributed by atoms with Crippen LogP contribution in [-0.4, -0.2) is 46.2 Å². The van der Waals surface area contributed by atoms with E-state index in [1.807, 2.05) is 12.1 Å². The number of fused-ring (bicyclic) bond motifs is 1. The van der Waals surface area contributed by atoms with E-state index in [9.17, 15) is 9.59 Å². The maximum atomic E-state index is 13.1. The van der Waals surface area contributed by atoms with Crippen LogP contribution in [0.4, 0.5) is 0 Å². The van der Waals surface area contributed by atoms with Crippen molar-refractivity contribution in [1.82, 2.24) is 14.8 Å². The highest BCUT2D eigenvalue weighted by molar-refractivity contribution is 5.83. The highest BCUT2D eigenvalue weighted by Gasteiger charge is 2.36. The fourth-order valence-corrected chi connectivity index (χ4v) is 4.28. The van der Waals surface area contributed by atoms with Gasteiger partial charge in [0.25, 0.3) is 0 Å². The van der Waals surface area contributed by atoms with Gasteiger partial charge in [0.2, 0.25) is 11.8 Å². The number of aromatic amines is 1. The second kappa shape index (κ2) is 6.54. The minimum atomic E-state index is -0.0473. The average molecular weight is 339 g/mol. The van der Waals surface area contributed by atoms with Gasteiger partial charge in [-0.15, -0.1) is 0 Å². The summed E-state index contributed by atoms with van der Waals surface area (Å²) in [6, 6.07) is 10.6. The maximum Gasteiger partial charge on any atom is 0.228 e. The van der Waals surface area contributed by atoms with Gasteiger partial charge in [0.1, 0.15) is 0 Å². The molecule has 1 N–H and O–H groups in total. The second-order valence-corrected chi connectivity index (χ2v) is 7.31. The standard InChI is InChI=1S/C20H25N3O2/c1-14(24)22-11-9-16(13-22)20(25)23-10-5-4-8-19(23)18-12-15-6-2-3-7-17(15)21-18/h2-3,6-7,12,16,19,21H,4-5,8-11,13H2,1H3. The first-order chi connectivity index (χ1) is 12.1. The number of aromatic nitrogens is 1. The van der Waals surface area contributed by atoms with Gasteiger partial charge in [-0.1, -0.05) is 18.2 Å². The third kappa shape index (κ3) is 3.03. The number of nitrogens with zero attached hydrogens (tertiary/aromatic N) is 2. The van der Waals surface area contributed by atoms with Crippen LogP contribution < -0.4 is 0 Å². The number of H-pyrrole nitrogens is 1. The number of likely N-dealkylation sites (tertiary alicyclic amines) is 2. The molecule has 0 bridgehead atoms. The molecule has 4 rings (SSSR count). The van der Waals surface area contributed by atoms with Crippen LogP contribution >= 0.6 is 0 Å². The van der Waals surface area contributed by atoms with Crippen LogP contribution in [0.15, 0.2) is 30.3 Å². The van der Waals surface area contributed by atoms with Crippen LogP contribution in [0.1, 0.15) is 44.3 Å².